The fourth-order valence-corrected chi connectivity index (χ4v) is 3.74. The Morgan fingerprint density at radius 1 is 1.19 bits per heavy atom. The van der Waals surface area contributed by atoms with E-state index in [-0.39, 0.29) is 24.2 Å². The van der Waals surface area contributed by atoms with E-state index in [1.54, 1.807) is 17.0 Å². The smallest absolute Gasteiger partial charge is 0.229 e. The van der Waals surface area contributed by atoms with Crippen molar-refractivity contribution in [3.63, 3.8) is 0 Å². The van der Waals surface area contributed by atoms with Gasteiger partial charge < -0.3 is 15.2 Å². The third-order valence-electron chi connectivity index (χ3n) is 5.04. The fourth-order valence-electron chi connectivity index (χ4n) is 3.56. The van der Waals surface area contributed by atoms with Crippen molar-refractivity contribution in [1.29, 1.82) is 0 Å². The number of nitrogens with one attached hydrogen (secondary N) is 2. The highest BCUT2D eigenvalue weighted by molar-refractivity contribution is 6.33. The predicted octanol–water partition coefficient (Wildman–Crippen LogP) is 3.85. The average molecular weight is 382 g/mol. The Morgan fingerprint density at radius 2 is 1.96 bits per heavy atom. The number of H-pyrrole nitrogens is 1. The maximum atomic E-state index is 12.5. The molecule has 1 unspecified atom stereocenters. The van der Waals surface area contributed by atoms with Crippen molar-refractivity contribution in [3.8, 4) is 0 Å². The zero-order chi connectivity index (χ0) is 18.8. The number of hydrogen-bond acceptors (Lipinski definition) is 2. The third-order valence-corrected chi connectivity index (χ3v) is 5.37. The molecule has 1 fully saturated rings. The first-order valence-corrected chi connectivity index (χ1v) is 9.38. The fraction of sp³-hybridized carbons (Fsp3) is 0.238. The molecule has 2 aromatic carbocycles. The summed E-state index contributed by atoms with van der Waals surface area (Å²) in [6.45, 7) is 1.05. The number of likely N-dealkylation sites (tertiary alicyclic amines) is 1. The summed E-state index contributed by atoms with van der Waals surface area (Å²) in [7, 11) is 0. The van der Waals surface area contributed by atoms with Gasteiger partial charge in [0, 0.05) is 36.6 Å². The molecule has 0 aliphatic carbocycles. The molecule has 2 N–H and O–H groups in total. The standard InChI is InChI=1S/C21H20ClN3O2/c22-17-6-2-4-8-19(17)24-21(27)15-11-20(26)25(13-15)10-9-14-12-23-18-7-3-1-5-16(14)18/h1-8,12,15,23H,9-11,13H2,(H,24,27). The van der Waals surface area contributed by atoms with E-state index in [1.165, 1.54) is 10.9 Å². The molecule has 0 spiro atoms. The summed E-state index contributed by atoms with van der Waals surface area (Å²) in [6, 6.07) is 15.2. The van der Waals surface area contributed by atoms with Crippen molar-refractivity contribution in [1.82, 2.24) is 9.88 Å². The van der Waals surface area contributed by atoms with Crippen LogP contribution in [0, 0.1) is 5.92 Å². The zero-order valence-corrected chi connectivity index (χ0v) is 15.5. The van der Waals surface area contributed by atoms with Crippen LogP contribution in [-0.2, 0) is 16.0 Å². The van der Waals surface area contributed by atoms with E-state index in [2.05, 4.69) is 16.4 Å². The number of amides is 2. The van der Waals surface area contributed by atoms with E-state index in [0.29, 0.717) is 23.8 Å². The molecule has 1 aliphatic heterocycles. The molecular weight excluding hydrogens is 362 g/mol. The van der Waals surface area contributed by atoms with Crippen LogP contribution in [0.2, 0.25) is 5.02 Å². The lowest BCUT2D eigenvalue weighted by Crippen LogP contribution is -2.30. The van der Waals surface area contributed by atoms with Gasteiger partial charge in [0.2, 0.25) is 11.8 Å². The van der Waals surface area contributed by atoms with E-state index >= 15 is 0 Å². The van der Waals surface area contributed by atoms with Crippen LogP contribution >= 0.6 is 11.6 Å². The second-order valence-corrected chi connectivity index (χ2v) is 7.23. The number of nitrogens with zero attached hydrogens (tertiary/aromatic N) is 1. The molecule has 2 heterocycles. The number of hydrogen-bond donors (Lipinski definition) is 2. The number of halogens is 1. The second-order valence-electron chi connectivity index (χ2n) is 6.82. The Morgan fingerprint density at radius 3 is 2.81 bits per heavy atom. The Bertz CT molecular complexity index is 998. The maximum absolute atomic E-state index is 12.5. The van der Waals surface area contributed by atoms with Crippen molar-refractivity contribution in [3.05, 3.63) is 65.3 Å². The van der Waals surface area contributed by atoms with Gasteiger partial charge in [-0.1, -0.05) is 41.9 Å². The molecule has 0 radical (unpaired) electrons. The first kappa shape index (κ1) is 17.6. The summed E-state index contributed by atoms with van der Waals surface area (Å²) in [5.41, 5.74) is 2.86. The molecular formula is C21H20ClN3O2. The van der Waals surface area contributed by atoms with Crippen LogP contribution in [0.4, 0.5) is 5.69 Å². The minimum Gasteiger partial charge on any atom is -0.361 e. The summed E-state index contributed by atoms with van der Waals surface area (Å²) in [4.78, 5) is 29.9. The highest BCUT2D eigenvalue weighted by atomic mass is 35.5. The van der Waals surface area contributed by atoms with Crippen LogP contribution in [0.3, 0.4) is 0 Å². The van der Waals surface area contributed by atoms with E-state index in [4.69, 9.17) is 11.6 Å². The molecule has 6 heteroatoms. The first-order chi connectivity index (χ1) is 13.1. The number of benzene rings is 2. The van der Waals surface area contributed by atoms with Gasteiger partial charge in [-0.2, -0.15) is 0 Å². The monoisotopic (exact) mass is 381 g/mol. The molecule has 1 saturated heterocycles. The minimum absolute atomic E-state index is 0.0224. The van der Waals surface area contributed by atoms with E-state index in [9.17, 15) is 9.59 Å². The predicted molar refractivity (Wildman–Crippen MR) is 107 cm³/mol. The molecule has 5 nitrogen and oxygen atoms in total. The summed E-state index contributed by atoms with van der Waals surface area (Å²) < 4.78 is 0. The van der Waals surface area contributed by atoms with Crippen molar-refractivity contribution in [2.75, 3.05) is 18.4 Å². The largest absolute Gasteiger partial charge is 0.361 e. The highest BCUT2D eigenvalue weighted by Crippen LogP contribution is 2.25. The van der Waals surface area contributed by atoms with Crippen LogP contribution in [0.25, 0.3) is 10.9 Å². The molecule has 138 valence electrons. The Kier molecular flexibility index (Phi) is 4.86. The number of rotatable bonds is 5. The molecule has 3 aromatic rings. The van der Waals surface area contributed by atoms with E-state index in [1.807, 2.05) is 36.5 Å². The third kappa shape index (κ3) is 3.69. The van der Waals surface area contributed by atoms with Crippen LogP contribution in [-0.4, -0.2) is 34.8 Å². The molecule has 4 rings (SSSR count). The number of aromatic nitrogens is 1. The van der Waals surface area contributed by atoms with Crippen molar-refractivity contribution >= 4 is 40.0 Å². The van der Waals surface area contributed by atoms with Gasteiger partial charge in [-0.15, -0.1) is 0 Å². The van der Waals surface area contributed by atoms with Gasteiger partial charge in [-0.05, 0) is 30.2 Å². The molecule has 2 amide bonds. The lowest BCUT2D eigenvalue weighted by Gasteiger charge is -2.16. The van der Waals surface area contributed by atoms with Crippen molar-refractivity contribution in [2.24, 2.45) is 5.92 Å². The van der Waals surface area contributed by atoms with Gasteiger partial charge in [0.25, 0.3) is 0 Å². The van der Waals surface area contributed by atoms with Crippen LogP contribution in [0.1, 0.15) is 12.0 Å². The summed E-state index contributed by atoms with van der Waals surface area (Å²) in [5.74, 6) is -0.489. The van der Waals surface area contributed by atoms with E-state index < -0.39 is 0 Å². The number of fused-ring (bicyclic) bond motifs is 1. The van der Waals surface area contributed by atoms with Gasteiger partial charge in [-0.25, -0.2) is 0 Å². The number of aromatic amines is 1. The van der Waals surface area contributed by atoms with E-state index in [0.717, 1.165) is 11.9 Å². The minimum atomic E-state index is -0.350. The van der Waals surface area contributed by atoms with Crippen molar-refractivity contribution < 1.29 is 9.59 Å². The van der Waals surface area contributed by atoms with Crippen LogP contribution < -0.4 is 5.32 Å². The quantitative estimate of drug-likeness (QED) is 0.705. The molecule has 27 heavy (non-hydrogen) atoms. The van der Waals surface area contributed by atoms with Crippen LogP contribution in [0.5, 0.6) is 0 Å². The second kappa shape index (κ2) is 7.45. The average Bonchev–Trinajstić information content (AvgIpc) is 3.25. The topological polar surface area (TPSA) is 65.2 Å². The van der Waals surface area contributed by atoms with Gasteiger partial charge >= 0.3 is 0 Å². The number of carbonyl (C=O) groups excluding carboxylic acids is 2. The summed E-state index contributed by atoms with van der Waals surface area (Å²) >= 11 is 6.09. The van der Waals surface area contributed by atoms with Gasteiger partial charge in [0.15, 0.2) is 0 Å². The van der Waals surface area contributed by atoms with Gasteiger partial charge in [0.05, 0.1) is 16.6 Å². The molecule has 1 aliphatic rings. The molecule has 1 atom stereocenters. The Labute approximate surface area is 162 Å². The van der Waals surface area contributed by atoms with Crippen molar-refractivity contribution in [2.45, 2.75) is 12.8 Å². The number of carbonyl (C=O) groups is 2. The summed E-state index contributed by atoms with van der Waals surface area (Å²) in [6.07, 6.45) is 2.99. The molecule has 0 bridgehead atoms. The van der Waals surface area contributed by atoms with Gasteiger partial charge in [-0.3, -0.25) is 9.59 Å². The number of anilines is 1. The van der Waals surface area contributed by atoms with Gasteiger partial charge in [0.1, 0.15) is 0 Å². The lowest BCUT2D eigenvalue weighted by molar-refractivity contribution is -0.128. The SMILES string of the molecule is O=C(Nc1ccccc1Cl)C1CC(=O)N(CCc2c[nH]c3ccccc23)C1. The normalized spacial score (nSPS) is 16.9. The summed E-state index contributed by atoms with van der Waals surface area (Å²) in [5, 5.41) is 4.50. The molecule has 0 saturated carbocycles. The molecule has 1 aromatic heterocycles. The zero-order valence-electron chi connectivity index (χ0n) is 14.7. The highest BCUT2D eigenvalue weighted by Gasteiger charge is 2.34. The Balaban J connectivity index is 1.37. The lowest BCUT2D eigenvalue weighted by atomic mass is 10.1. The Hall–Kier alpha value is -2.79. The first-order valence-electron chi connectivity index (χ1n) is 9.00. The maximum Gasteiger partial charge on any atom is 0.229 e. The number of para-hydroxylation sites is 2. The van der Waals surface area contributed by atoms with Crippen LogP contribution in [0.15, 0.2) is 54.7 Å².